The van der Waals surface area contributed by atoms with Gasteiger partial charge in [-0.3, -0.25) is 0 Å². The molecular weight excluding hydrogens is 271 g/mol. The van der Waals surface area contributed by atoms with Crippen LogP contribution in [0.15, 0.2) is 30.3 Å². The van der Waals surface area contributed by atoms with Crippen LogP contribution >= 0.6 is 11.6 Å². The molecule has 2 aromatic rings. The number of nitrogens with zero attached hydrogens (tertiary/aromatic N) is 1. The van der Waals surface area contributed by atoms with E-state index in [1.54, 1.807) is 13.0 Å². The van der Waals surface area contributed by atoms with Crippen LogP contribution in [0.2, 0.25) is 5.02 Å². The van der Waals surface area contributed by atoms with Crippen molar-refractivity contribution in [2.24, 2.45) is 0 Å². The second kappa shape index (κ2) is 5.24. The molecule has 4 nitrogen and oxygen atoms in total. The van der Waals surface area contributed by atoms with Crippen LogP contribution in [0.3, 0.4) is 0 Å². The summed E-state index contributed by atoms with van der Waals surface area (Å²) in [5.74, 6) is -1.19. The van der Waals surface area contributed by atoms with Gasteiger partial charge in [0.25, 0.3) is 0 Å². The summed E-state index contributed by atoms with van der Waals surface area (Å²) in [7, 11) is 0. The third-order valence-corrected chi connectivity index (χ3v) is 2.75. The highest BCUT2D eigenvalue weighted by Crippen LogP contribution is 2.22. The zero-order valence-corrected chi connectivity index (χ0v) is 10.7. The van der Waals surface area contributed by atoms with Gasteiger partial charge in [-0.25, -0.2) is 14.2 Å². The zero-order valence-electron chi connectivity index (χ0n) is 9.95. The fourth-order valence-corrected chi connectivity index (χ4v) is 1.74. The number of carbonyl (C=O) groups is 1. The van der Waals surface area contributed by atoms with E-state index >= 15 is 0 Å². The summed E-state index contributed by atoms with van der Waals surface area (Å²) in [6.07, 6.45) is 0. The number of carboxylic acids is 1. The van der Waals surface area contributed by atoms with Crippen molar-refractivity contribution in [3.8, 4) is 0 Å². The SMILES string of the molecule is Cc1nc(Nc2ccc(Cl)cc2F)ccc1C(=O)O. The summed E-state index contributed by atoms with van der Waals surface area (Å²) in [6.45, 7) is 1.58. The van der Waals surface area contributed by atoms with Crippen molar-refractivity contribution in [3.63, 3.8) is 0 Å². The van der Waals surface area contributed by atoms with Gasteiger partial charge in [0.1, 0.15) is 11.6 Å². The number of nitrogens with one attached hydrogen (secondary N) is 1. The minimum atomic E-state index is -1.05. The lowest BCUT2D eigenvalue weighted by Crippen LogP contribution is -2.04. The summed E-state index contributed by atoms with van der Waals surface area (Å²) < 4.78 is 13.6. The Balaban J connectivity index is 2.29. The lowest BCUT2D eigenvalue weighted by atomic mass is 10.2. The van der Waals surface area contributed by atoms with Crippen LogP contribution in [0, 0.1) is 12.7 Å². The Morgan fingerprint density at radius 3 is 2.68 bits per heavy atom. The van der Waals surface area contributed by atoms with Crippen LogP contribution in [0.5, 0.6) is 0 Å². The summed E-state index contributed by atoms with van der Waals surface area (Å²) in [6, 6.07) is 7.11. The van der Waals surface area contributed by atoms with Crippen molar-refractivity contribution < 1.29 is 14.3 Å². The number of anilines is 2. The van der Waals surface area contributed by atoms with Gasteiger partial charge in [-0.1, -0.05) is 11.6 Å². The van der Waals surface area contributed by atoms with E-state index in [1.807, 2.05) is 0 Å². The van der Waals surface area contributed by atoms with E-state index in [0.717, 1.165) is 0 Å². The summed E-state index contributed by atoms with van der Waals surface area (Å²) in [5.41, 5.74) is 0.688. The number of halogens is 2. The largest absolute Gasteiger partial charge is 0.478 e. The molecule has 6 heteroatoms. The molecule has 0 atom stereocenters. The Morgan fingerprint density at radius 2 is 2.11 bits per heavy atom. The first-order chi connectivity index (χ1) is 8.97. The van der Waals surface area contributed by atoms with Gasteiger partial charge in [0.2, 0.25) is 0 Å². The highest BCUT2D eigenvalue weighted by molar-refractivity contribution is 6.30. The molecule has 0 bridgehead atoms. The molecule has 0 amide bonds. The van der Waals surface area contributed by atoms with Gasteiger partial charge in [-0.2, -0.15) is 0 Å². The molecule has 0 radical (unpaired) electrons. The van der Waals surface area contributed by atoms with E-state index in [-0.39, 0.29) is 11.3 Å². The third kappa shape index (κ3) is 3.00. The number of aromatic nitrogens is 1. The van der Waals surface area contributed by atoms with Gasteiger partial charge in [0, 0.05) is 5.02 Å². The first-order valence-corrected chi connectivity index (χ1v) is 5.78. The van der Waals surface area contributed by atoms with Crippen molar-refractivity contribution in [2.75, 3.05) is 5.32 Å². The number of rotatable bonds is 3. The van der Waals surface area contributed by atoms with Gasteiger partial charge < -0.3 is 10.4 Å². The Bertz CT molecular complexity index is 647. The predicted molar refractivity (Wildman–Crippen MR) is 70.6 cm³/mol. The molecule has 1 heterocycles. The molecule has 0 unspecified atom stereocenters. The zero-order chi connectivity index (χ0) is 14.0. The molecule has 0 saturated carbocycles. The van der Waals surface area contributed by atoms with Crippen molar-refractivity contribution in [1.82, 2.24) is 4.98 Å². The van der Waals surface area contributed by atoms with Crippen molar-refractivity contribution in [2.45, 2.75) is 6.92 Å². The van der Waals surface area contributed by atoms with Crippen LogP contribution < -0.4 is 5.32 Å². The Kier molecular flexibility index (Phi) is 3.66. The van der Waals surface area contributed by atoms with E-state index < -0.39 is 11.8 Å². The molecule has 1 aromatic carbocycles. The van der Waals surface area contributed by atoms with Crippen LogP contribution in [0.25, 0.3) is 0 Å². The molecule has 0 aliphatic carbocycles. The Hall–Kier alpha value is -2.14. The van der Waals surface area contributed by atoms with E-state index in [0.29, 0.717) is 16.5 Å². The smallest absolute Gasteiger partial charge is 0.337 e. The lowest BCUT2D eigenvalue weighted by molar-refractivity contribution is 0.0695. The van der Waals surface area contributed by atoms with Crippen molar-refractivity contribution in [3.05, 3.63) is 52.4 Å². The van der Waals surface area contributed by atoms with Crippen LogP contribution in [0.4, 0.5) is 15.9 Å². The molecule has 0 spiro atoms. The highest BCUT2D eigenvalue weighted by Gasteiger charge is 2.10. The normalized spacial score (nSPS) is 10.3. The molecule has 2 rings (SSSR count). The maximum atomic E-state index is 13.6. The number of benzene rings is 1. The summed E-state index contributed by atoms with van der Waals surface area (Å²) in [5, 5.41) is 12.0. The van der Waals surface area contributed by atoms with Crippen LogP contribution in [-0.2, 0) is 0 Å². The second-order valence-corrected chi connectivity index (χ2v) is 4.32. The molecule has 0 aliphatic rings. The Morgan fingerprint density at radius 1 is 1.37 bits per heavy atom. The quantitative estimate of drug-likeness (QED) is 0.901. The van der Waals surface area contributed by atoms with Gasteiger partial charge >= 0.3 is 5.97 Å². The van der Waals surface area contributed by atoms with Crippen molar-refractivity contribution in [1.29, 1.82) is 0 Å². The number of pyridine rings is 1. The fraction of sp³-hybridized carbons (Fsp3) is 0.0769. The minimum Gasteiger partial charge on any atom is -0.478 e. The molecule has 0 aliphatic heterocycles. The molecule has 0 saturated heterocycles. The molecule has 1 aromatic heterocycles. The highest BCUT2D eigenvalue weighted by atomic mass is 35.5. The number of hydrogen-bond acceptors (Lipinski definition) is 3. The Labute approximate surface area is 113 Å². The van der Waals surface area contributed by atoms with E-state index in [2.05, 4.69) is 10.3 Å². The van der Waals surface area contributed by atoms with Crippen LogP contribution in [0.1, 0.15) is 16.1 Å². The van der Waals surface area contributed by atoms with Gasteiger partial charge in [0.15, 0.2) is 0 Å². The van der Waals surface area contributed by atoms with E-state index in [9.17, 15) is 9.18 Å². The lowest BCUT2D eigenvalue weighted by Gasteiger charge is -2.08. The number of carboxylic acid groups (broad SMARTS) is 1. The average Bonchev–Trinajstić information content (AvgIpc) is 2.32. The molecule has 98 valence electrons. The number of hydrogen-bond donors (Lipinski definition) is 2. The topological polar surface area (TPSA) is 62.2 Å². The van der Waals surface area contributed by atoms with Gasteiger partial charge in [0.05, 0.1) is 16.9 Å². The summed E-state index contributed by atoms with van der Waals surface area (Å²) in [4.78, 5) is 14.9. The fourth-order valence-electron chi connectivity index (χ4n) is 1.59. The maximum absolute atomic E-state index is 13.6. The second-order valence-electron chi connectivity index (χ2n) is 3.88. The van der Waals surface area contributed by atoms with Gasteiger partial charge in [-0.15, -0.1) is 0 Å². The molecule has 19 heavy (non-hydrogen) atoms. The van der Waals surface area contributed by atoms with E-state index in [1.165, 1.54) is 24.3 Å². The minimum absolute atomic E-state index is 0.113. The third-order valence-electron chi connectivity index (χ3n) is 2.51. The summed E-state index contributed by atoms with van der Waals surface area (Å²) >= 11 is 5.65. The standard InChI is InChI=1S/C13H10ClFN2O2/c1-7-9(13(18)19)3-5-12(16-7)17-11-4-2-8(14)6-10(11)15/h2-6H,1H3,(H,16,17)(H,18,19). The average molecular weight is 281 g/mol. The molecular formula is C13H10ClFN2O2. The van der Waals surface area contributed by atoms with Crippen LogP contribution in [-0.4, -0.2) is 16.1 Å². The van der Waals surface area contributed by atoms with Gasteiger partial charge in [-0.05, 0) is 37.3 Å². The van der Waals surface area contributed by atoms with E-state index in [4.69, 9.17) is 16.7 Å². The first-order valence-electron chi connectivity index (χ1n) is 5.40. The number of aromatic carboxylic acids is 1. The predicted octanol–water partition coefficient (Wildman–Crippen LogP) is 3.62. The number of aryl methyl sites for hydroxylation is 1. The first kappa shape index (κ1) is 13.3. The maximum Gasteiger partial charge on any atom is 0.337 e. The van der Waals surface area contributed by atoms with Crippen molar-refractivity contribution >= 4 is 29.1 Å². The molecule has 0 fully saturated rings. The monoisotopic (exact) mass is 280 g/mol. The molecule has 2 N–H and O–H groups in total.